The summed E-state index contributed by atoms with van der Waals surface area (Å²) in [5, 5.41) is 13.6. The Labute approximate surface area is 274 Å². The number of Topliss-reactive ketones (excluding diaryl/α,β-unsaturated/α-hetero) is 1. The van der Waals surface area contributed by atoms with Gasteiger partial charge < -0.3 is 21.1 Å². The third-order valence-electron chi connectivity index (χ3n) is 9.08. The number of hydrogen-bond donors (Lipinski definition) is 3. The molecular weight excluding hydrogens is 584 g/mol. The molecule has 1 saturated heterocycles. The van der Waals surface area contributed by atoms with Gasteiger partial charge in [-0.15, -0.1) is 11.3 Å². The van der Waals surface area contributed by atoms with Crippen LogP contribution in [0.3, 0.4) is 0 Å². The molecule has 0 aliphatic carbocycles. The van der Waals surface area contributed by atoms with Crippen LogP contribution in [0.4, 0.5) is 0 Å². The smallest absolute Gasteiger partial charge is 0.243 e. The number of carbonyl (C=O) groups is 3. The molecule has 0 unspecified atom stereocenters. The van der Waals surface area contributed by atoms with Crippen LogP contribution in [0, 0.1) is 18.3 Å². The van der Waals surface area contributed by atoms with Gasteiger partial charge in [-0.3, -0.25) is 14.4 Å². The van der Waals surface area contributed by atoms with Crippen LogP contribution in [-0.4, -0.2) is 57.8 Å². The van der Waals surface area contributed by atoms with Crippen molar-refractivity contribution in [1.82, 2.24) is 15.2 Å². The number of aliphatic hydroxyl groups is 1. The first-order chi connectivity index (χ1) is 21.4. The van der Waals surface area contributed by atoms with Crippen molar-refractivity contribution < 1.29 is 19.5 Å². The SMILES string of the molecule is Cc1ncsc1-c1ccc([C@H](C)NC(=O)[C@@H]2C[C@@H](O)CN2C(=O)[C@@H](CC(=O)CCCCCCCCCCCN)C(C)(C)C)cc1. The predicted octanol–water partition coefficient (Wildman–Crippen LogP) is 6.74. The number of benzene rings is 1. The summed E-state index contributed by atoms with van der Waals surface area (Å²) in [6.07, 6.45) is 10.3. The van der Waals surface area contributed by atoms with Crippen LogP contribution >= 0.6 is 11.3 Å². The van der Waals surface area contributed by atoms with Gasteiger partial charge >= 0.3 is 0 Å². The number of nitrogens with two attached hydrogens (primary N) is 1. The third-order valence-corrected chi connectivity index (χ3v) is 10.1. The van der Waals surface area contributed by atoms with Crippen LogP contribution in [0.1, 0.15) is 122 Å². The maximum absolute atomic E-state index is 13.9. The monoisotopic (exact) mass is 640 g/mol. The second-order valence-electron chi connectivity index (χ2n) is 13.9. The lowest BCUT2D eigenvalue weighted by molar-refractivity contribution is -0.146. The molecule has 1 fully saturated rings. The Kier molecular flexibility index (Phi) is 14.7. The molecule has 0 saturated carbocycles. The summed E-state index contributed by atoms with van der Waals surface area (Å²) in [4.78, 5) is 47.4. The van der Waals surface area contributed by atoms with Crippen LogP contribution in [0.25, 0.3) is 10.4 Å². The van der Waals surface area contributed by atoms with Gasteiger partial charge in [-0.2, -0.15) is 0 Å². The number of carbonyl (C=O) groups excluding carboxylic acids is 3. The molecule has 4 atom stereocenters. The van der Waals surface area contributed by atoms with E-state index in [-0.39, 0.29) is 43.0 Å². The topological polar surface area (TPSA) is 126 Å². The summed E-state index contributed by atoms with van der Waals surface area (Å²) in [6, 6.07) is 7.01. The summed E-state index contributed by atoms with van der Waals surface area (Å²) < 4.78 is 0. The molecule has 2 aromatic rings. The number of β-amino-alcohol motifs (C(OH)–C–C–N with tert-alkyl or cyclic N) is 1. The van der Waals surface area contributed by atoms with E-state index in [9.17, 15) is 19.5 Å². The number of nitrogens with zero attached hydrogens (tertiary/aromatic N) is 2. The minimum atomic E-state index is -0.779. The van der Waals surface area contributed by atoms with Crippen LogP contribution in [0.5, 0.6) is 0 Å². The summed E-state index contributed by atoms with van der Waals surface area (Å²) >= 11 is 1.60. The van der Waals surface area contributed by atoms with Gasteiger partial charge in [0, 0.05) is 31.7 Å². The average molecular weight is 641 g/mol. The number of aryl methyl sites for hydroxylation is 1. The fourth-order valence-corrected chi connectivity index (χ4v) is 7.01. The molecule has 1 aromatic heterocycles. The second-order valence-corrected chi connectivity index (χ2v) is 14.8. The Bertz CT molecular complexity index is 1220. The van der Waals surface area contributed by atoms with E-state index in [0.29, 0.717) is 6.42 Å². The number of hydrogen-bond acceptors (Lipinski definition) is 7. The number of rotatable bonds is 18. The number of ketones is 1. The van der Waals surface area contributed by atoms with E-state index in [0.717, 1.165) is 53.9 Å². The number of nitrogens with one attached hydrogen (secondary N) is 1. The third kappa shape index (κ3) is 11.3. The molecule has 0 radical (unpaired) electrons. The summed E-state index contributed by atoms with van der Waals surface area (Å²) in [5.74, 6) is -0.969. The van der Waals surface area contributed by atoms with E-state index < -0.39 is 23.5 Å². The fraction of sp³-hybridized carbons (Fsp3) is 0.667. The molecular formula is C36H56N4O4S. The molecule has 45 heavy (non-hydrogen) atoms. The van der Waals surface area contributed by atoms with E-state index >= 15 is 0 Å². The molecule has 9 heteroatoms. The fourth-order valence-electron chi connectivity index (χ4n) is 6.20. The van der Waals surface area contributed by atoms with E-state index in [2.05, 4.69) is 10.3 Å². The van der Waals surface area contributed by atoms with Gasteiger partial charge in [0.2, 0.25) is 11.8 Å². The lowest BCUT2D eigenvalue weighted by Crippen LogP contribution is -2.50. The van der Waals surface area contributed by atoms with E-state index in [1.165, 1.54) is 37.0 Å². The zero-order valence-corrected chi connectivity index (χ0v) is 29.0. The van der Waals surface area contributed by atoms with Gasteiger partial charge in [0.25, 0.3) is 0 Å². The molecule has 0 spiro atoms. The number of unbranched alkanes of at least 4 members (excludes halogenated alkanes) is 8. The minimum absolute atomic E-state index is 0.0939. The van der Waals surface area contributed by atoms with Crippen molar-refractivity contribution in [2.24, 2.45) is 17.1 Å². The zero-order valence-electron chi connectivity index (χ0n) is 28.1. The molecule has 1 aliphatic heterocycles. The number of amides is 2. The largest absolute Gasteiger partial charge is 0.391 e. The van der Waals surface area contributed by atoms with Gasteiger partial charge in [0.05, 0.1) is 28.2 Å². The maximum Gasteiger partial charge on any atom is 0.243 e. The first kappa shape index (κ1) is 36.8. The summed E-state index contributed by atoms with van der Waals surface area (Å²) in [5.41, 5.74) is 9.95. The standard InChI is InChI=1S/C36H56N4O4S/c1-25(27-16-18-28(19-17-27)33-26(2)38-24-45-33)39-34(43)32-22-30(42)23-40(32)35(44)31(36(3,4)5)21-29(41)15-13-11-9-7-6-8-10-12-14-20-37/h16-19,24-25,30-32,42H,6-15,20-23,37H2,1-5H3,(H,39,43)/t25-,30+,31+,32-/m0/s1. The summed E-state index contributed by atoms with van der Waals surface area (Å²) in [7, 11) is 0. The van der Waals surface area contributed by atoms with Gasteiger partial charge in [0.15, 0.2) is 0 Å². The molecule has 0 bridgehead atoms. The molecule has 8 nitrogen and oxygen atoms in total. The van der Waals surface area contributed by atoms with Crippen molar-refractivity contribution in [3.8, 4) is 10.4 Å². The minimum Gasteiger partial charge on any atom is -0.391 e. The molecule has 2 amide bonds. The van der Waals surface area contributed by atoms with Gasteiger partial charge in [0.1, 0.15) is 11.8 Å². The normalized spacial score (nSPS) is 18.2. The zero-order chi connectivity index (χ0) is 33.0. The highest BCUT2D eigenvalue weighted by molar-refractivity contribution is 7.13. The van der Waals surface area contributed by atoms with E-state index in [1.807, 2.05) is 64.4 Å². The lowest BCUT2D eigenvalue weighted by Gasteiger charge is -2.35. The number of aromatic nitrogens is 1. The molecule has 1 aliphatic rings. The summed E-state index contributed by atoms with van der Waals surface area (Å²) in [6.45, 7) is 10.7. The highest BCUT2D eigenvalue weighted by atomic mass is 32.1. The Morgan fingerprint density at radius 2 is 1.62 bits per heavy atom. The van der Waals surface area contributed by atoms with Crippen LogP contribution in [0.15, 0.2) is 29.8 Å². The highest BCUT2D eigenvalue weighted by Crippen LogP contribution is 2.34. The number of likely N-dealkylation sites (tertiary alicyclic amines) is 1. The van der Waals surface area contributed by atoms with Crippen molar-refractivity contribution in [2.75, 3.05) is 13.1 Å². The van der Waals surface area contributed by atoms with Gasteiger partial charge in [-0.05, 0) is 49.8 Å². The highest BCUT2D eigenvalue weighted by Gasteiger charge is 2.44. The Morgan fingerprint density at radius 1 is 1.02 bits per heavy atom. The van der Waals surface area contributed by atoms with Crippen molar-refractivity contribution >= 4 is 28.9 Å². The van der Waals surface area contributed by atoms with E-state index in [4.69, 9.17) is 5.73 Å². The van der Waals surface area contributed by atoms with Crippen molar-refractivity contribution in [2.45, 2.75) is 130 Å². The number of aliphatic hydroxyl groups excluding tert-OH is 1. The quantitative estimate of drug-likeness (QED) is 0.155. The predicted molar refractivity (Wildman–Crippen MR) is 183 cm³/mol. The van der Waals surface area contributed by atoms with Crippen LogP contribution in [0.2, 0.25) is 0 Å². The molecule has 250 valence electrons. The van der Waals surface area contributed by atoms with Crippen molar-refractivity contribution in [3.05, 3.63) is 41.0 Å². The molecule has 2 heterocycles. The first-order valence-corrected chi connectivity index (χ1v) is 17.8. The Balaban J connectivity index is 1.53. The molecule has 4 N–H and O–H groups in total. The molecule has 3 rings (SSSR count). The lowest BCUT2D eigenvalue weighted by atomic mass is 9.76. The molecule has 1 aromatic carbocycles. The maximum atomic E-state index is 13.9. The first-order valence-electron chi connectivity index (χ1n) is 16.9. The second kappa shape index (κ2) is 17.9. The van der Waals surface area contributed by atoms with Crippen LogP contribution < -0.4 is 11.1 Å². The van der Waals surface area contributed by atoms with Crippen molar-refractivity contribution in [3.63, 3.8) is 0 Å². The Morgan fingerprint density at radius 3 is 2.18 bits per heavy atom. The van der Waals surface area contributed by atoms with Gasteiger partial charge in [-0.25, -0.2) is 4.98 Å². The van der Waals surface area contributed by atoms with Crippen LogP contribution in [-0.2, 0) is 14.4 Å². The Hall–Kier alpha value is -2.62. The van der Waals surface area contributed by atoms with Crippen molar-refractivity contribution in [1.29, 1.82) is 0 Å². The number of thiazole rings is 1. The van der Waals surface area contributed by atoms with Gasteiger partial charge in [-0.1, -0.05) is 90.0 Å². The average Bonchev–Trinajstić information content (AvgIpc) is 3.61. The van der Waals surface area contributed by atoms with E-state index in [1.54, 1.807) is 11.3 Å².